The second-order valence-corrected chi connectivity index (χ2v) is 7.23. The van der Waals surface area contributed by atoms with Crippen LogP contribution in [0.1, 0.15) is 39.8 Å². The van der Waals surface area contributed by atoms with Crippen LogP contribution in [0.4, 0.5) is 18.9 Å². The van der Waals surface area contributed by atoms with Crippen LogP contribution in [-0.4, -0.2) is 22.1 Å². The van der Waals surface area contributed by atoms with Gasteiger partial charge in [-0.05, 0) is 56.2 Å². The molecule has 168 valence electrons. The molecule has 3 rings (SSSR count). The number of esters is 1. The maximum Gasteiger partial charge on any atom is 0.416 e. The average Bonchev–Trinajstić information content (AvgIpc) is 2.98. The predicted molar refractivity (Wildman–Crippen MR) is 112 cm³/mol. The normalized spacial score (nSPS) is 11.4. The number of benzene rings is 2. The van der Waals surface area contributed by atoms with Crippen LogP contribution in [0.3, 0.4) is 0 Å². The Balaban J connectivity index is 2.08. The minimum absolute atomic E-state index is 0.0787. The van der Waals surface area contributed by atoms with Crippen molar-refractivity contribution >= 4 is 11.7 Å². The molecule has 0 aliphatic rings. The molecule has 0 aliphatic carbocycles. The molecule has 1 aromatic heterocycles. The lowest BCUT2D eigenvalue weighted by molar-refractivity contribution is -0.384. The maximum atomic E-state index is 12.9. The molecule has 32 heavy (non-hydrogen) atoms. The molecule has 0 amide bonds. The molecule has 2 aromatic carbocycles. The average molecular weight is 446 g/mol. The number of rotatable bonds is 6. The van der Waals surface area contributed by atoms with Crippen LogP contribution >= 0.6 is 0 Å². The minimum atomic E-state index is -4.42. The highest BCUT2D eigenvalue weighted by Crippen LogP contribution is 2.35. The van der Waals surface area contributed by atoms with E-state index in [1.807, 2.05) is 4.57 Å². The minimum Gasteiger partial charge on any atom is -0.462 e. The summed E-state index contributed by atoms with van der Waals surface area (Å²) in [7, 11) is 0. The van der Waals surface area contributed by atoms with E-state index in [0.29, 0.717) is 33.6 Å². The number of nitro groups is 1. The molecule has 6 nitrogen and oxygen atoms in total. The van der Waals surface area contributed by atoms with Crippen molar-refractivity contribution in [2.45, 2.75) is 33.5 Å². The van der Waals surface area contributed by atoms with E-state index in [2.05, 4.69) is 0 Å². The van der Waals surface area contributed by atoms with Crippen molar-refractivity contribution in [3.63, 3.8) is 0 Å². The number of hydrogen-bond donors (Lipinski definition) is 0. The van der Waals surface area contributed by atoms with Gasteiger partial charge in [-0.25, -0.2) is 4.79 Å². The van der Waals surface area contributed by atoms with E-state index in [9.17, 15) is 28.1 Å². The molecule has 1 heterocycles. The number of aromatic nitrogens is 1. The van der Waals surface area contributed by atoms with Gasteiger partial charge in [0.05, 0.1) is 22.7 Å². The molecule has 0 spiro atoms. The number of nitrogens with zero attached hydrogens (tertiary/aromatic N) is 2. The topological polar surface area (TPSA) is 74.4 Å². The van der Waals surface area contributed by atoms with Crippen molar-refractivity contribution in [1.29, 1.82) is 0 Å². The summed E-state index contributed by atoms with van der Waals surface area (Å²) in [6.07, 6.45) is -4.42. The third kappa shape index (κ3) is 4.51. The van der Waals surface area contributed by atoms with Crippen LogP contribution in [0.2, 0.25) is 0 Å². The number of non-ortho nitro benzene ring substituents is 1. The smallest absolute Gasteiger partial charge is 0.416 e. The van der Waals surface area contributed by atoms with Crippen molar-refractivity contribution in [1.82, 2.24) is 4.57 Å². The Hall–Kier alpha value is -3.62. The SMILES string of the molecule is CCOC(=O)c1c(-c2ccc([N+](=O)[O-])cc2)c(C)n(Cc2ccc(C(F)(F)F)cc2)c1C. The Morgan fingerprint density at radius 3 is 2.12 bits per heavy atom. The number of carbonyl (C=O) groups excluding carboxylic acids is 1. The highest BCUT2D eigenvalue weighted by Gasteiger charge is 2.30. The first-order valence-electron chi connectivity index (χ1n) is 9.82. The van der Waals surface area contributed by atoms with Crippen LogP contribution < -0.4 is 0 Å². The molecular weight excluding hydrogens is 425 g/mol. The molecule has 0 saturated heterocycles. The van der Waals surface area contributed by atoms with Crippen LogP contribution in [0, 0.1) is 24.0 Å². The van der Waals surface area contributed by atoms with Crippen molar-refractivity contribution in [3.05, 3.63) is 86.7 Å². The summed E-state index contributed by atoms with van der Waals surface area (Å²) in [6, 6.07) is 10.7. The predicted octanol–water partition coefficient (Wildman–Crippen LogP) is 5.92. The van der Waals surface area contributed by atoms with Crippen LogP contribution in [0.25, 0.3) is 11.1 Å². The molecule has 0 fully saturated rings. The number of ether oxygens (including phenoxy) is 1. The zero-order valence-corrected chi connectivity index (χ0v) is 17.7. The number of hydrogen-bond acceptors (Lipinski definition) is 4. The third-order valence-corrected chi connectivity index (χ3v) is 5.25. The van der Waals surface area contributed by atoms with Crippen molar-refractivity contribution < 1.29 is 27.6 Å². The van der Waals surface area contributed by atoms with Gasteiger partial charge in [0.25, 0.3) is 5.69 Å². The van der Waals surface area contributed by atoms with E-state index in [-0.39, 0.29) is 18.8 Å². The summed E-state index contributed by atoms with van der Waals surface area (Å²) in [5.41, 5.74) is 2.60. The summed E-state index contributed by atoms with van der Waals surface area (Å²) in [5, 5.41) is 11.0. The fraction of sp³-hybridized carbons (Fsp3) is 0.261. The second-order valence-electron chi connectivity index (χ2n) is 7.23. The molecule has 0 saturated carbocycles. The van der Waals surface area contributed by atoms with Crippen LogP contribution in [0.15, 0.2) is 48.5 Å². The number of alkyl halides is 3. The first-order chi connectivity index (χ1) is 15.0. The zero-order valence-electron chi connectivity index (χ0n) is 17.7. The van der Waals surface area contributed by atoms with Gasteiger partial charge in [0.15, 0.2) is 0 Å². The summed E-state index contributed by atoms with van der Waals surface area (Å²) in [4.78, 5) is 23.2. The Kier molecular flexibility index (Phi) is 6.38. The Morgan fingerprint density at radius 1 is 1.03 bits per heavy atom. The van der Waals surface area contributed by atoms with Gasteiger partial charge in [0, 0.05) is 35.6 Å². The molecular formula is C23H21F3N2O4. The molecule has 0 atom stereocenters. The number of nitro benzene ring substituents is 1. The van der Waals surface area contributed by atoms with E-state index in [4.69, 9.17) is 4.74 Å². The zero-order chi connectivity index (χ0) is 23.6. The monoisotopic (exact) mass is 446 g/mol. The lowest BCUT2D eigenvalue weighted by Gasteiger charge is -2.12. The lowest BCUT2D eigenvalue weighted by atomic mass is 10.0. The molecule has 0 aliphatic heterocycles. The largest absolute Gasteiger partial charge is 0.462 e. The molecule has 9 heteroatoms. The Morgan fingerprint density at radius 2 is 1.62 bits per heavy atom. The summed E-state index contributed by atoms with van der Waals surface area (Å²) >= 11 is 0. The van der Waals surface area contributed by atoms with Gasteiger partial charge in [-0.3, -0.25) is 10.1 Å². The standard InChI is InChI=1S/C23H21F3N2O4/c1-4-32-22(29)21-15(3)27(13-16-5-9-18(10-6-16)23(24,25)26)14(2)20(21)17-7-11-19(12-8-17)28(30)31/h5-12H,4,13H2,1-3H3. The van der Waals surface area contributed by atoms with E-state index in [0.717, 1.165) is 12.1 Å². The van der Waals surface area contributed by atoms with E-state index in [1.165, 1.54) is 24.3 Å². The molecule has 0 radical (unpaired) electrons. The summed E-state index contributed by atoms with van der Waals surface area (Å²) < 4.78 is 45.6. The molecule has 3 aromatic rings. The van der Waals surface area contributed by atoms with Crippen molar-refractivity contribution in [3.8, 4) is 11.1 Å². The number of halogens is 3. The van der Waals surface area contributed by atoms with E-state index in [1.54, 1.807) is 32.9 Å². The van der Waals surface area contributed by atoms with E-state index >= 15 is 0 Å². The van der Waals surface area contributed by atoms with Gasteiger partial charge < -0.3 is 9.30 Å². The van der Waals surface area contributed by atoms with Gasteiger partial charge in [-0.15, -0.1) is 0 Å². The first-order valence-corrected chi connectivity index (χ1v) is 9.82. The number of carbonyl (C=O) groups is 1. The Bertz CT molecular complexity index is 1150. The quantitative estimate of drug-likeness (QED) is 0.267. The van der Waals surface area contributed by atoms with Gasteiger partial charge in [0.2, 0.25) is 0 Å². The molecule has 0 unspecified atom stereocenters. The van der Waals surface area contributed by atoms with Gasteiger partial charge in [-0.1, -0.05) is 12.1 Å². The van der Waals surface area contributed by atoms with Crippen LogP contribution in [0.5, 0.6) is 0 Å². The molecule has 0 N–H and O–H groups in total. The highest BCUT2D eigenvalue weighted by molar-refractivity contribution is 6.00. The highest BCUT2D eigenvalue weighted by atomic mass is 19.4. The lowest BCUT2D eigenvalue weighted by Crippen LogP contribution is -2.09. The summed E-state index contributed by atoms with van der Waals surface area (Å²) in [6.45, 7) is 5.62. The second kappa shape index (κ2) is 8.86. The fourth-order valence-electron chi connectivity index (χ4n) is 3.66. The van der Waals surface area contributed by atoms with Crippen LogP contribution in [-0.2, 0) is 17.5 Å². The summed E-state index contributed by atoms with van der Waals surface area (Å²) in [5.74, 6) is -0.535. The fourth-order valence-corrected chi connectivity index (χ4v) is 3.66. The molecule has 0 bridgehead atoms. The maximum absolute atomic E-state index is 12.9. The Labute approximate surface area is 182 Å². The van der Waals surface area contributed by atoms with Crippen molar-refractivity contribution in [2.24, 2.45) is 0 Å². The van der Waals surface area contributed by atoms with Gasteiger partial charge >= 0.3 is 12.1 Å². The third-order valence-electron chi connectivity index (χ3n) is 5.25. The first kappa shape index (κ1) is 23.1. The van der Waals surface area contributed by atoms with Gasteiger partial charge in [-0.2, -0.15) is 13.2 Å². The van der Waals surface area contributed by atoms with E-state index < -0.39 is 22.6 Å². The van der Waals surface area contributed by atoms with Gasteiger partial charge in [0.1, 0.15) is 0 Å². The van der Waals surface area contributed by atoms with Crippen molar-refractivity contribution in [2.75, 3.05) is 6.61 Å².